The van der Waals surface area contributed by atoms with Gasteiger partial charge in [0.1, 0.15) is 5.82 Å². The van der Waals surface area contributed by atoms with E-state index in [1.807, 2.05) is 0 Å². The number of amides is 2. The van der Waals surface area contributed by atoms with E-state index in [4.69, 9.17) is 0 Å². The average Bonchev–Trinajstić information content (AvgIpc) is 2.87. The molecular formula is C13H15BF4N2O4. The summed E-state index contributed by atoms with van der Waals surface area (Å²) in [4.78, 5) is 13.1. The summed E-state index contributed by atoms with van der Waals surface area (Å²) in [7, 11) is -1.85. The summed E-state index contributed by atoms with van der Waals surface area (Å²) in [6.07, 6.45) is -5.95. The first-order chi connectivity index (χ1) is 11.1. The van der Waals surface area contributed by atoms with Crippen LogP contribution in [-0.4, -0.2) is 53.7 Å². The van der Waals surface area contributed by atoms with Gasteiger partial charge in [-0.2, -0.15) is 0 Å². The highest BCUT2D eigenvalue weighted by Gasteiger charge is 2.37. The summed E-state index contributed by atoms with van der Waals surface area (Å²) in [5.74, 6) is -0.799. The first kappa shape index (κ1) is 18.5. The molecule has 1 atom stereocenters. The van der Waals surface area contributed by atoms with E-state index in [0.29, 0.717) is 0 Å². The molecule has 1 aromatic rings. The normalized spacial score (nSPS) is 18.0. The summed E-state index contributed by atoms with van der Waals surface area (Å²) in [5, 5.41) is 20.6. The molecule has 2 rings (SSSR count). The fourth-order valence-electron chi connectivity index (χ4n) is 2.46. The molecule has 1 fully saturated rings. The molecule has 3 N–H and O–H groups in total. The van der Waals surface area contributed by atoms with Gasteiger partial charge < -0.3 is 20.3 Å². The molecule has 1 saturated heterocycles. The van der Waals surface area contributed by atoms with Gasteiger partial charge in [-0.1, -0.05) is 0 Å². The first-order valence-electron chi connectivity index (χ1n) is 7.03. The van der Waals surface area contributed by atoms with Crippen molar-refractivity contribution in [2.75, 3.05) is 18.4 Å². The summed E-state index contributed by atoms with van der Waals surface area (Å²) in [6, 6.07) is 1.28. The fraction of sp³-hybridized carbons (Fsp3) is 0.462. The van der Waals surface area contributed by atoms with Crippen LogP contribution in [0, 0.1) is 12.7 Å². The Kier molecular flexibility index (Phi) is 5.36. The third-order valence-electron chi connectivity index (χ3n) is 3.61. The number of rotatable bonds is 3. The van der Waals surface area contributed by atoms with Crippen LogP contribution in [0.5, 0.6) is 0 Å². The summed E-state index contributed by atoms with van der Waals surface area (Å²) >= 11 is 0. The number of hydrogen-bond acceptors (Lipinski definition) is 4. The van der Waals surface area contributed by atoms with Crippen LogP contribution in [0.1, 0.15) is 12.0 Å². The lowest BCUT2D eigenvalue weighted by molar-refractivity contribution is -0.340. The smallest absolute Gasteiger partial charge is 0.423 e. The second kappa shape index (κ2) is 6.95. The molecule has 0 bridgehead atoms. The summed E-state index contributed by atoms with van der Waals surface area (Å²) in [6.45, 7) is 1.20. The van der Waals surface area contributed by atoms with E-state index in [-0.39, 0.29) is 36.2 Å². The maximum atomic E-state index is 13.9. The van der Waals surface area contributed by atoms with E-state index in [0.717, 1.165) is 17.0 Å². The van der Waals surface area contributed by atoms with Crippen molar-refractivity contribution < 1.29 is 37.1 Å². The Bertz CT molecular complexity index is 627. The van der Waals surface area contributed by atoms with Gasteiger partial charge in [-0.25, -0.2) is 9.18 Å². The van der Waals surface area contributed by atoms with Crippen molar-refractivity contribution in [3.05, 3.63) is 23.5 Å². The largest absolute Gasteiger partial charge is 0.522 e. The molecule has 1 unspecified atom stereocenters. The number of urea groups is 1. The van der Waals surface area contributed by atoms with E-state index in [1.54, 1.807) is 0 Å². The number of carbonyl (C=O) groups excluding carboxylic acids is 1. The second-order valence-electron chi connectivity index (χ2n) is 5.41. The average molecular weight is 350 g/mol. The second-order valence-corrected chi connectivity index (χ2v) is 5.41. The molecule has 0 aliphatic carbocycles. The van der Waals surface area contributed by atoms with E-state index in [2.05, 4.69) is 10.1 Å². The maximum Gasteiger partial charge on any atom is 0.522 e. The summed E-state index contributed by atoms with van der Waals surface area (Å²) in [5.41, 5.74) is -0.0133. The van der Waals surface area contributed by atoms with Gasteiger partial charge in [0.25, 0.3) is 0 Å². The monoisotopic (exact) mass is 350 g/mol. The van der Waals surface area contributed by atoms with Crippen LogP contribution in [0.3, 0.4) is 0 Å². The van der Waals surface area contributed by atoms with Gasteiger partial charge in [0.05, 0.1) is 11.8 Å². The Morgan fingerprint density at radius 1 is 1.42 bits per heavy atom. The molecule has 24 heavy (non-hydrogen) atoms. The van der Waals surface area contributed by atoms with E-state index >= 15 is 0 Å². The minimum Gasteiger partial charge on any atom is -0.423 e. The Balaban J connectivity index is 2.04. The molecule has 1 aliphatic heterocycles. The Morgan fingerprint density at radius 3 is 2.67 bits per heavy atom. The lowest BCUT2D eigenvalue weighted by Crippen LogP contribution is -2.36. The minimum atomic E-state index is -4.79. The summed E-state index contributed by atoms with van der Waals surface area (Å²) < 4.78 is 54.2. The topological polar surface area (TPSA) is 82.0 Å². The molecule has 6 nitrogen and oxygen atoms in total. The number of ether oxygens (including phenoxy) is 1. The van der Waals surface area contributed by atoms with E-state index in [1.165, 1.54) is 6.92 Å². The number of hydrogen-bond donors (Lipinski definition) is 3. The van der Waals surface area contributed by atoms with Gasteiger partial charge in [-0.15, -0.1) is 13.2 Å². The zero-order chi connectivity index (χ0) is 18.1. The van der Waals surface area contributed by atoms with Gasteiger partial charge in [-0.3, -0.25) is 4.74 Å². The molecule has 0 aromatic heterocycles. The van der Waals surface area contributed by atoms with Gasteiger partial charge in [0, 0.05) is 13.1 Å². The third kappa shape index (κ3) is 4.59. The number of likely N-dealkylation sites (tertiary alicyclic amines) is 1. The van der Waals surface area contributed by atoms with Crippen LogP contribution in [0.4, 0.5) is 28.0 Å². The molecule has 0 spiro atoms. The Morgan fingerprint density at radius 2 is 2.08 bits per heavy atom. The number of nitrogens with one attached hydrogen (secondary N) is 1. The minimum absolute atomic E-state index is 0.00388. The number of carbonyl (C=O) groups is 1. The van der Waals surface area contributed by atoms with Crippen LogP contribution < -0.4 is 10.8 Å². The molecule has 2 amide bonds. The number of halogens is 4. The third-order valence-corrected chi connectivity index (χ3v) is 3.61. The Hall–Kier alpha value is -1.85. The molecule has 11 heteroatoms. The number of aryl methyl sites for hydroxylation is 1. The predicted octanol–water partition coefficient (Wildman–Crippen LogP) is 0.957. The van der Waals surface area contributed by atoms with Crippen molar-refractivity contribution in [1.82, 2.24) is 4.90 Å². The van der Waals surface area contributed by atoms with Gasteiger partial charge >= 0.3 is 19.5 Å². The van der Waals surface area contributed by atoms with E-state index in [9.17, 15) is 32.4 Å². The van der Waals surface area contributed by atoms with Gasteiger partial charge in [0.2, 0.25) is 0 Å². The Labute approximate surface area is 135 Å². The highest BCUT2D eigenvalue weighted by molar-refractivity contribution is 6.59. The van der Waals surface area contributed by atoms with Crippen LogP contribution in [0.15, 0.2) is 12.1 Å². The lowest BCUT2D eigenvalue weighted by atomic mass is 9.77. The number of benzene rings is 1. The maximum absolute atomic E-state index is 13.9. The molecular weight excluding hydrogens is 335 g/mol. The quantitative estimate of drug-likeness (QED) is 0.560. The lowest BCUT2D eigenvalue weighted by Gasteiger charge is -2.19. The van der Waals surface area contributed by atoms with Crippen molar-refractivity contribution in [2.24, 2.45) is 0 Å². The molecule has 1 aliphatic rings. The van der Waals surface area contributed by atoms with Crippen molar-refractivity contribution in [3.8, 4) is 0 Å². The van der Waals surface area contributed by atoms with Crippen molar-refractivity contribution >= 4 is 24.3 Å². The van der Waals surface area contributed by atoms with Crippen LogP contribution >= 0.6 is 0 Å². The fourth-order valence-corrected chi connectivity index (χ4v) is 2.46. The number of anilines is 1. The van der Waals surface area contributed by atoms with Crippen molar-refractivity contribution in [3.63, 3.8) is 0 Å². The van der Waals surface area contributed by atoms with E-state index < -0.39 is 31.4 Å². The van der Waals surface area contributed by atoms with Gasteiger partial charge in [0.15, 0.2) is 0 Å². The molecule has 1 heterocycles. The van der Waals surface area contributed by atoms with Crippen LogP contribution in [0.25, 0.3) is 0 Å². The zero-order valence-corrected chi connectivity index (χ0v) is 12.6. The first-order valence-corrected chi connectivity index (χ1v) is 7.03. The van der Waals surface area contributed by atoms with Gasteiger partial charge in [-0.05, 0) is 36.5 Å². The SMILES string of the molecule is Cc1cc(F)c(NC(=O)N2CCC(OC(F)(F)F)C2)cc1B(O)O. The standard InChI is InChI=1S/C13H15BF4N2O4/c1-7-4-10(15)11(5-9(7)14(22)23)19-12(21)20-3-2-8(6-20)24-13(16,17)18/h4-5,8,22-23H,2-3,6H2,1H3,(H,19,21). The molecule has 132 valence electrons. The van der Waals surface area contributed by atoms with Crippen molar-refractivity contribution in [1.29, 1.82) is 0 Å². The number of nitrogens with zero attached hydrogens (tertiary/aromatic N) is 1. The van der Waals surface area contributed by atoms with Crippen LogP contribution in [-0.2, 0) is 4.74 Å². The molecule has 0 saturated carbocycles. The van der Waals surface area contributed by atoms with Crippen LogP contribution in [0.2, 0.25) is 0 Å². The highest BCUT2D eigenvalue weighted by Crippen LogP contribution is 2.24. The number of alkyl halides is 3. The highest BCUT2D eigenvalue weighted by atomic mass is 19.4. The molecule has 0 radical (unpaired) electrons. The zero-order valence-electron chi connectivity index (χ0n) is 12.6. The molecule has 1 aromatic carbocycles. The predicted molar refractivity (Wildman–Crippen MR) is 77.1 cm³/mol. The van der Waals surface area contributed by atoms with Crippen molar-refractivity contribution in [2.45, 2.75) is 25.8 Å².